The number of benzene rings is 1. The van der Waals surface area contributed by atoms with Gasteiger partial charge in [-0.15, -0.1) is 5.10 Å². The van der Waals surface area contributed by atoms with E-state index in [0.717, 1.165) is 29.5 Å². The highest BCUT2D eigenvalue weighted by molar-refractivity contribution is 5.96. The van der Waals surface area contributed by atoms with E-state index in [1.807, 2.05) is 43.3 Å². The van der Waals surface area contributed by atoms with Gasteiger partial charge in [-0.25, -0.2) is 0 Å². The van der Waals surface area contributed by atoms with Gasteiger partial charge in [0, 0.05) is 18.0 Å². The van der Waals surface area contributed by atoms with Gasteiger partial charge in [-0.3, -0.25) is 4.79 Å². The van der Waals surface area contributed by atoms with Crippen molar-refractivity contribution in [3.8, 4) is 5.88 Å². The number of aryl methyl sites for hydroxylation is 1. The summed E-state index contributed by atoms with van der Waals surface area (Å²) < 4.78 is 11.6. The van der Waals surface area contributed by atoms with Crippen molar-refractivity contribution in [1.82, 2.24) is 15.1 Å². The molecule has 0 N–H and O–H groups in total. The first kappa shape index (κ1) is 15.6. The van der Waals surface area contributed by atoms with Crippen molar-refractivity contribution in [3.63, 3.8) is 0 Å². The molecule has 25 heavy (non-hydrogen) atoms. The van der Waals surface area contributed by atoms with Crippen LogP contribution in [0, 0.1) is 6.92 Å². The summed E-state index contributed by atoms with van der Waals surface area (Å²) in [5.74, 6) is 0.769. The second-order valence-electron chi connectivity index (χ2n) is 6.29. The molecule has 128 valence electrons. The highest BCUT2D eigenvalue weighted by atomic mass is 16.5. The average molecular weight is 337 g/mol. The number of piperidine rings is 1. The fourth-order valence-corrected chi connectivity index (χ4v) is 3.08. The van der Waals surface area contributed by atoms with Gasteiger partial charge < -0.3 is 14.1 Å². The monoisotopic (exact) mass is 337 g/mol. The molecule has 1 unspecified atom stereocenters. The lowest BCUT2D eigenvalue weighted by Crippen LogP contribution is -2.44. The molecule has 1 aliphatic heterocycles. The van der Waals surface area contributed by atoms with Gasteiger partial charge in [-0.2, -0.15) is 5.10 Å². The number of amides is 1. The first-order valence-corrected chi connectivity index (χ1v) is 8.44. The van der Waals surface area contributed by atoms with Crippen molar-refractivity contribution in [2.75, 3.05) is 13.1 Å². The Morgan fingerprint density at radius 2 is 2.12 bits per heavy atom. The molecule has 1 atom stereocenters. The quantitative estimate of drug-likeness (QED) is 0.734. The molecule has 1 fully saturated rings. The van der Waals surface area contributed by atoms with E-state index in [9.17, 15) is 4.79 Å². The predicted octanol–water partition coefficient (Wildman–Crippen LogP) is 3.21. The summed E-state index contributed by atoms with van der Waals surface area (Å²) in [7, 11) is 0. The Hall–Kier alpha value is -2.89. The number of nitrogens with zero attached hydrogens (tertiary/aromatic N) is 3. The van der Waals surface area contributed by atoms with E-state index in [1.165, 1.54) is 0 Å². The number of para-hydroxylation sites is 1. The van der Waals surface area contributed by atoms with E-state index < -0.39 is 0 Å². The number of hydrogen-bond acceptors (Lipinski definition) is 5. The van der Waals surface area contributed by atoms with Gasteiger partial charge in [0.15, 0.2) is 5.76 Å². The van der Waals surface area contributed by atoms with Crippen molar-refractivity contribution in [1.29, 1.82) is 0 Å². The third-order valence-electron chi connectivity index (χ3n) is 4.36. The predicted molar refractivity (Wildman–Crippen MR) is 92.5 cm³/mol. The zero-order chi connectivity index (χ0) is 17.2. The summed E-state index contributed by atoms with van der Waals surface area (Å²) in [6.45, 7) is 3.10. The van der Waals surface area contributed by atoms with Crippen LogP contribution in [0.5, 0.6) is 5.88 Å². The molecule has 3 aromatic rings. The van der Waals surface area contributed by atoms with Crippen LogP contribution in [0.2, 0.25) is 0 Å². The number of ether oxygens (including phenoxy) is 1. The van der Waals surface area contributed by atoms with Crippen molar-refractivity contribution in [2.45, 2.75) is 25.9 Å². The maximum atomic E-state index is 12.8. The third kappa shape index (κ3) is 3.33. The molecule has 4 rings (SSSR count). The van der Waals surface area contributed by atoms with Crippen LogP contribution in [0.25, 0.3) is 11.0 Å². The highest BCUT2D eigenvalue weighted by Gasteiger charge is 2.27. The van der Waals surface area contributed by atoms with E-state index in [0.29, 0.717) is 24.7 Å². The minimum Gasteiger partial charge on any atom is -0.471 e. The molecule has 0 bridgehead atoms. The zero-order valence-electron chi connectivity index (χ0n) is 14.0. The number of carbonyl (C=O) groups is 1. The smallest absolute Gasteiger partial charge is 0.289 e. The van der Waals surface area contributed by atoms with Gasteiger partial charge in [-0.05, 0) is 38.0 Å². The Morgan fingerprint density at radius 1 is 1.24 bits per heavy atom. The summed E-state index contributed by atoms with van der Waals surface area (Å²) in [4.78, 5) is 14.5. The number of carbonyl (C=O) groups excluding carboxylic acids is 1. The van der Waals surface area contributed by atoms with Crippen LogP contribution < -0.4 is 4.74 Å². The molecular formula is C19H19N3O3. The van der Waals surface area contributed by atoms with Crippen molar-refractivity contribution < 1.29 is 13.9 Å². The molecule has 1 amide bonds. The summed E-state index contributed by atoms with van der Waals surface area (Å²) >= 11 is 0. The van der Waals surface area contributed by atoms with E-state index in [4.69, 9.17) is 9.15 Å². The van der Waals surface area contributed by atoms with Crippen molar-refractivity contribution >= 4 is 16.9 Å². The Balaban J connectivity index is 1.46. The maximum absolute atomic E-state index is 12.8. The Kier molecular flexibility index (Phi) is 4.09. The first-order chi connectivity index (χ1) is 12.2. The standard InChI is InChI=1S/C19H19N3O3/c1-13-8-9-18(21-20-13)24-15-6-4-10-22(12-15)19(23)17-11-14-5-2-3-7-16(14)25-17/h2-3,5,7-9,11,15H,4,6,10,12H2,1H3. The van der Waals surface area contributed by atoms with Crippen LogP contribution in [0.3, 0.4) is 0 Å². The van der Waals surface area contributed by atoms with E-state index in [1.54, 1.807) is 11.0 Å². The normalized spacial score (nSPS) is 17.6. The number of likely N-dealkylation sites (tertiary alicyclic amines) is 1. The molecular weight excluding hydrogens is 318 g/mol. The van der Waals surface area contributed by atoms with Crippen LogP contribution in [0.1, 0.15) is 29.1 Å². The largest absolute Gasteiger partial charge is 0.471 e. The summed E-state index contributed by atoms with van der Waals surface area (Å²) in [5, 5.41) is 8.97. The van der Waals surface area contributed by atoms with Crippen molar-refractivity contribution in [2.24, 2.45) is 0 Å². The number of furan rings is 1. The fraction of sp³-hybridized carbons (Fsp3) is 0.316. The van der Waals surface area contributed by atoms with Crippen LogP contribution in [0.15, 0.2) is 46.9 Å². The molecule has 1 aromatic carbocycles. The number of rotatable bonds is 3. The minimum atomic E-state index is -0.0977. The van der Waals surface area contributed by atoms with Gasteiger partial charge in [0.1, 0.15) is 11.7 Å². The number of hydrogen-bond donors (Lipinski definition) is 0. The molecule has 1 saturated heterocycles. The lowest BCUT2D eigenvalue weighted by atomic mass is 10.1. The SMILES string of the molecule is Cc1ccc(OC2CCCN(C(=O)c3cc4ccccc4o3)C2)nn1. The second-order valence-corrected chi connectivity index (χ2v) is 6.29. The Labute approximate surface area is 145 Å². The topological polar surface area (TPSA) is 68.5 Å². The van der Waals surface area contributed by atoms with Crippen LogP contribution in [-0.2, 0) is 0 Å². The second kappa shape index (κ2) is 6.55. The fourth-order valence-electron chi connectivity index (χ4n) is 3.08. The van der Waals surface area contributed by atoms with Crippen LogP contribution in [-0.4, -0.2) is 40.2 Å². The van der Waals surface area contributed by atoms with Gasteiger partial charge >= 0.3 is 0 Å². The van der Waals surface area contributed by atoms with E-state index in [-0.39, 0.29) is 12.0 Å². The Morgan fingerprint density at radius 3 is 2.92 bits per heavy atom. The molecule has 6 nitrogen and oxygen atoms in total. The summed E-state index contributed by atoms with van der Waals surface area (Å²) in [5.41, 5.74) is 1.57. The van der Waals surface area contributed by atoms with Gasteiger partial charge in [0.25, 0.3) is 5.91 Å². The number of aromatic nitrogens is 2. The lowest BCUT2D eigenvalue weighted by Gasteiger charge is -2.32. The molecule has 1 aliphatic rings. The minimum absolute atomic E-state index is 0.0842. The summed E-state index contributed by atoms with van der Waals surface area (Å²) in [6, 6.07) is 13.1. The lowest BCUT2D eigenvalue weighted by molar-refractivity contribution is 0.0500. The molecule has 0 radical (unpaired) electrons. The average Bonchev–Trinajstić information content (AvgIpc) is 3.07. The third-order valence-corrected chi connectivity index (χ3v) is 4.36. The van der Waals surface area contributed by atoms with Gasteiger partial charge in [0.2, 0.25) is 5.88 Å². The van der Waals surface area contributed by atoms with Crippen LogP contribution >= 0.6 is 0 Å². The van der Waals surface area contributed by atoms with E-state index in [2.05, 4.69) is 10.2 Å². The van der Waals surface area contributed by atoms with Gasteiger partial charge in [-0.1, -0.05) is 18.2 Å². The van der Waals surface area contributed by atoms with Gasteiger partial charge in [0.05, 0.1) is 12.2 Å². The highest BCUT2D eigenvalue weighted by Crippen LogP contribution is 2.22. The molecule has 0 aliphatic carbocycles. The molecule has 2 aromatic heterocycles. The zero-order valence-corrected chi connectivity index (χ0v) is 14.0. The number of fused-ring (bicyclic) bond motifs is 1. The molecule has 0 spiro atoms. The first-order valence-electron chi connectivity index (χ1n) is 8.44. The van der Waals surface area contributed by atoms with Crippen LogP contribution in [0.4, 0.5) is 0 Å². The molecule has 6 heteroatoms. The van der Waals surface area contributed by atoms with Crippen molar-refractivity contribution in [3.05, 3.63) is 53.9 Å². The maximum Gasteiger partial charge on any atom is 0.289 e. The summed E-state index contributed by atoms with van der Waals surface area (Å²) in [6.07, 6.45) is 1.69. The Bertz CT molecular complexity index is 855. The molecule has 3 heterocycles. The van der Waals surface area contributed by atoms with E-state index >= 15 is 0 Å². The molecule has 0 saturated carbocycles.